The van der Waals surface area contributed by atoms with E-state index in [-0.39, 0.29) is 5.92 Å². The smallest absolute Gasteiger partial charge is 0.223 e. The van der Waals surface area contributed by atoms with Gasteiger partial charge in [-0.25, -0.2) is 0 Å². The van der Waals surface area contributed by atoms with Crippen molar-refractivity contribution < 1.29 is 9.53 Å². The van der Waals surface area contributed by atoms with Crippen LogP contribution in [-0.2, 0) is 11.3 Å². The first-order chi connectivity index (χ1) is 16.7. The van der Waals surface area contributed by atoms with Crippen LogP contribution in [0.1, 0.15) is 76.7 Å². The maximum atomic E-state index is 13.2. The van der Waals surface area contributed by atoms with Crippen molar-refractivity contribution in [2.24, 2.45) is 11.8 Å². The fourth-order valence-electron chi connectivity index (χ4n) is 5.63. The van der Waals surface area contributed by atoms with Gasteiger partial charge in [0.15, 0.2) is 0 Å². The summed E-state index contributed by atoms with van der Waals surface area (Å²) in [4.78, 5) is 15.7. The average Bonchev–Trinajstić information content (AvgIpc) is 2.88. The monoisotopic (exact) mass is 462 g/mol. The zero-order valence-corrected chi connectivity index (χ0v) is 20.9. The lowest BCUT2D eigenvalue weighted by atomic mass is 9.77. The van der Waals surface area contributed by atoms with Crippen LogP contribution in [0.25, 0.3) is 0 Å². The molecule has 0 bridgehead atoms. The molecular weight excluding hydrogens is 420 g/mol. The van der Waals surface area contributed by atoms with E-state index in [1.165, 1.54) is 50.5 Å². The second-order valence-corrected chi connectivity index (χ2v) is 10.3. The van der Waals surface area contributed by atoms with Crippen molar-refractivity contribution in [1.29, 1.82) is 0 Å². The van der Waals surface area contributed by atoms with Gasteiger partial charge in [0.2, 0.25) is 5.91 Å². The van der Waals surface area contributed by atoms with Crippen LogP contribution in [0.2, 0.25) is 0 Å². The van der Waals surface area contributed by atoms with E-state index in [9.17, 15) is 4.79 Å². The summed E-state index contributed by atoms with van der Waals surface area (Å²) in [7, 11) is 0. The quantitative estimate of drug-likeness (QED) is 0.415. The first-order valence-corrected chi connectivity index (χ1v) is 13.6. The third-order valence-corrected chi connectivity index (χ3v) is 7.67. The maximum Gasteiger partial charge on any atom is 0.223 e. The minimum Gasteiger partial charge on any atom is -0.457 e. The van der Waals surface area contributed by atoms with Gasteiger partial charge in [0.1, 0.15) is 11.5 Å². The molecule has 1 N–H and O–H groups in total. The van der Waals surface area contributed by atoms with E-state index in [1.54, 1.807) is 0 Å². The molecule has 0 radical (unpaired) electrons. The van der Waals surface area contributed by atoms with Crippen molar-refractivity contribution in [2.75, 3.05) is 13.1 Å². The van der Waals surface area contributed by atoms with E-state index < -0.39 is 0 Å². The number of piperidine rings is 1. The summed E-state index contributed by atoms with van der Waals surface area (Å²) in [6.07, 6.45) is 12.0. The predicted molar refractivity (Wildman–Crippen MR) is 139 cm³/mol. The average molecular weight is 463 g/mol. The Balaban J connectivity index is 1.22. The normalized spacial score (nSPS) is 19.0. The summed E-state index contributed by atoms with van der Waals surface area (Å²) in [5.41, 5.74) is 1.31. The molecule has 1 atom stereocenters. The maximum absolute atomic E-state index is 13.2. The number of nitrogens with one attached hydrogen (secondary N) is 1. The fourth-order valence-corrected chi connectivity index (χ4v) is 5.63. The molecule has 1 heterocycles. The van der Waals surface area contributed by atoms with E-state index >= 15 is 0 Å². The number of ether oxygens (including phenoxy) is 1. The van der Waals surface area contributed by atoms with Gasteiger partial charge in [-0.05, 0) is 67.9 Å². The van der Waals surface area contributed by atoms with Gasteiger partial charge in [0.25, 0.3) is 0 Å². The van der Waals surface area contributed by atoms with Crippen LogP contribution < -0.4 is 10.1 Å². The Morgan fingerprint density at radius 1 is 0.941 bits per heavy atom. The molecule has 1 aliphatic heterocycles. The molecule has 184 valence electrons. The van der Waals surface area contributed by atoms with Crippen molar-refractivity contribution in [1.82, 2.24) is 10.2 Å². The van der Waals surface area contributed by atoms with Gasteiger partial charge < -0.3 is 10.1 Å². The van der Waals surface area contributed by atoms with Gasteiger partial charge in [-0.15, -0.1) is 0 Å². The zero-order chi connectivity index (χ0) is 23.6. The molecule has 4 nitrogen and oxygen atoms in total. The highest BCUT2D eigenvalue weighted by atomic mass is 16.5. The summed E-state index contributed by atoms with van der Waals surface area (Å²) >= 11 is 0. The lowest BCUT2D eigenvalue weighted by Crippen LogP contribution is -2.47. The number of hydrogen-bond donors (Lipinski definition) is 1. The van der Waals surface area contributed by atoms with Crippen molar-refractivity contribution in [3.63, 3.8) is 0 Å². The van der Waals surface area contributed by atoms with Crippen LogP contribution in [0.3, 0.4) is 0 Å². The Labute approximate surface area is 206 Å². The van der Waals surface area contributed by atoms with Gasteiger partial charge in [-0.3, -0.25) is 9.69 Å². The third kappa shape index (κ3) is 7.33. The first kappa shape index (κ1) is 24.8. The molecule has 34 heavy (non-hydrogen) atoms. The molecule has 1 saturated heterocycles. The molecule has 1 amide bonds. The van der Waals surface area contributed by atoms with Crippen LogP contribution in [0, 0.1) is 11.8 Å². The predicted octanol–water partition coefficient (Wildman–Crippen LogP) is 6.95. The summed E-state index contributed by atoms with van der Waals surface area (Å²) in [5.74, 6) is 2.91. The highest BCUT2D eigenvalue weighted by molar-refractivity contribution is 5.79. The Kier molecular flexibility index (Phi) is 9.44. The molecule has 1 unspecified atom stereocenters. The minimum absolute atomic E-state index is 0.231. The number of likely N-dealkylation sites (tertiary alicyclic amines) is 1. The minimum atomic E-state index is 0.231. The van der Waals surface area contributed by atoms with Crippen molar-refractivity contribution in [3.05, 3.63) is 60.2 Å². The number of amides is 1. The Morgan fingerprint density at radius 3 is 2.29 bits per heavy atom. The van der Waals surface area contributed by atoms with Crippen LogP contribution in [0.4, 0.5) is 0 Å². The molecule has 4 heteroatoms. The number of rotatable bonds is 10. The SMILES string of the molecule is CCCCC(C(=O)NC1CCN(Cc2ccc(Oc3ccccc3)cc2)CC1)C1CCCCC1. The number of carbonyl (C=O) groups is 1. The molecule has 1 saturated carbocycles. The highest BCUT2D eigenvalue weighted by Gasteiger charge is 2.31. The molecule has 2 fully saturated rings. The Bertz CT molecular complexity index is 853. The molecule has 2 aromatic carbocycles. The van der Waals surface area contributed by atoms with Crippen LogP contribution in [-0.4, -0.2) is 29.9 Å². The van der Waals surface area contributed by atoms with E-state index in [4.69, 9.17) is 4.74 Å². The Hall–Kier alpha value is -2.33. The highest BCUT2D eigenvalue weighted by Crippen LogP contribution is 2.33. The molecule has 2 aromatic rings. The summed E-state index contributed by atoms with van der Waals surface area (Å²) in [5, 5.41) is 3.46. The summed E-state index contributed by atoms with van der Waals surface area (Å²) < 4.78 is 5.91. The summed E-state index contributed by atoms with van der Waals surface area (Å²) in [6, 6.07) is 18.7. The van der Waals surface area contributed by atoms with E-state index in [1.807, 2.05) is 30.3 Å². The molecule has 0 spiro atoms. The Morgan fingerprint density at radius 2 is 1.62 bits per heavy atom. The lowest BCUT2D eigenvalue weighted by molar-refractivity contribution is -0.128. The summed E-state index contributed by atoms with van der Waals surface area (Å²) in [6.45, 7) is 5.26. The molecule has 4 rings (SSSR count). The second-order valence-electron chi connectivity index (χ2n) is 10.3. The van der Waals surface area contributed by atoms with Crippen molar-refractivity contribution in [2.45, 2.75) is 83.7 Å². The van der Waals surface area contributed by atoms with E-state index in [2.05, 4.69) is 41.4 Å². The number of benzene rings is 2. The van der Waals surface area contributed by atoms with Gasteiger partial charge in [-0.1, -0.05) is 69.4 Å². The standard InChI is InChI=1S/C30H42N2O2/c1-2-3-14-29(25-10-6-4-7-11-25)30(33)31-26-19-21-32(22-20-26)23-24-15-17-28(18-16-24)34-27-12-8-5-9-13-27/h5,8-9,12-13,15-18,25-26,29H,2-4,6-7,10-11,14,19-23H2,1H3,(H,31,33). The fraction of sp³-hybridized carbons (Fsp3) is 0.567. The lowest BCUT2D eigenvalue weighted by Gasteiger charge is -2.35. The van der Waals surface area contributed by atoms with E-state index in [0.29, 0.717) is 17.9 Å². The van der Waals surface area contributed by atoms with Gasteiger partial charge >= 0.3 is 0 Å². The third-order valence-electron chi connectivity index (χ3n) is 7.67. The van der Waals surface area contributed by atoms with Crippen LogP contribution >= 0.6 is 0 Å². The largest absolute Gasteiger partial charge is 0.457 e. The second kappa shape index (κ2) is 12.9. The van der Waals surface area contributed by atoms with E-state index in [0.717, 1.165) is 50.4 Å². The number of para-hydroxylation sites is 1. The van der Waals surface area contributed by atoms with Gasteiger partial charge in [0.05, 0.1) is 0 Å². The number of nitrogens with zero attached hydrogens (tertiary/aromatic N) is 1. The molecule has 0 aromatic heterocycles. The van der Waals surface area contributed by atoms with Crippen molar-refractivity contribution >= 4 is 5.91 Å². The number of hydrogen-bond acceptors (Lipinski definition) is 3. The molecule has 1 aliphatic carbocycles. The number of unbranched alkanes of at least 4 members (excludes halogenated alkanes) is 1. The van der Waals surface area contributed by atoms with Gasteiger partial charge in [0, 0.05) is 31.6 Å². The molecular formula is C30H42N2O2. The number of carbonyl (C=O) groups excluding carboxylic acids is 1. The topological polar surface area (TPSA) is 41.6 Å². The van der Waals surface area contributed by atoms with Gasteiger partial charge in [-0.2, -0.15) is 0 Å². The van der Waals surface area contributed by atoms with Crippen LogP contribution in [0.5, 0.6) is 11.5 Å². The van der Waals surface area contributed by atoms with Crippen LogP contribution in [0.15, 0.2) is 54.6 Å². The zero-order valence-electron chi connectivity index (χ0n) is 20.9. The molecule has 2 aliphatic rings. The van der Waals surface area contributed by atoms with Crippen molar-refractivity contribution in [3.8, 4) is 11.5 Å². The first-order valence-electron chi connectivity index (χ1n) is 13.6.